The second-order valence-corrected chi connectivity index (χ2v) is 8.04. The SMILES string of the molecule is O=S(=O)(NC1CCCN(c2cc(C(F)(F)F)ccn2)C1)C1CC1. The number of halogens is 3. The van der Waals surface area contributed by atoms with Crippen molar-refractivity contribution in [2.45, 2.75) is 43.2 Å². The van der Waals surface area contributed by atoms with Crippen LogP contribution in [0.15, 0.2) is 18.3 Å². The third kappa shape index (κ3) is 3.95. The summed E-state index contributed by atoms with van der Waals surface area (Å²) in [5.74, 6) is 0.232. The van der Waals surface area contributed by atoms with Crippen LogP contribution in [0.1, 0.15) is 31.2 Å². The van der Waals surface area contributed by atoms with Crippen molar-refractivity contribution < 1.29 is 21.6 Å². The third-order valence-electron chi connectivity index (χ3n) is 4.11. The molecule has 9 heteroatoms. The molecular formula is C14H18F3N3O2S. The predicted octanol–water partition coefficient (Wildman–Crippen LogP) is 2.15. The topological polar surface area (TPSA) is 62.3 Å². The van der Waals surface area contributed by atoms with Gasteiger partial charge in [0, 0.05) is 25.3 Å². The average molecular weight is 349 g/mol. The number of sulfonamides is 1. The van der Waals surface area contributed by atoms with Gasteiger partial charge in [-0.3, -0.25) is 0 Å². The Bertz CT molecular complexity index is 674. The van der Waals surface area contributed by atoms with Gasteiger partial charge in [0.15, 0.2) is 0 Å². The van der Waals surface area contributed by atoms with Gasteiger partial charge >= 0.3 is 6.18 Å². The Hall–Kier alpha value is -1.35. The number of alkyl halides is 3. The Labute approximate surface area is 132 Å². The summed E-state index contributed by atoms with van der Waals surface area (Å²) in [5, 5.41) is -0.301. The van der Waals surface area contributed by atoms with E-state index in [1.165, 1.54) is 0 Å². The quantitative estimate of drug-likeness (QED) is 0.905. The van der Waals surface area contributed by atoms with Crippen LogP contribution in [0.2, 0.25) is 0 Å². The summed E-state index contributed by atoms with van der Waals surface area (Å²) in [6, 6.07) is 1.66. The molecule has 1 aromatic rings. The Morgan fingerprint density at radius 3 is 2.65 bits per heavy atom. The van der Waals surface area contributed by atoms with Gasteiger partial charge in [-0.2, -0.15) is 13.2 Å². The normalized spacial score (nSPS) is 23.1. The molecule has 0 amide bonds. The smallest absolute Gasteiger partial charge is 0.355 e. The molecule has 3 rings (SSSR count). The minimum Gasteiger partial charge on any atom is -0.355 e. The van der Waals surface area contributed by atoms with Crippen LogP contribution in [0.4, 0.5) is 19.0 Å². The van der Waals surface area contributed by atoms with Gasteiger partial charge in [0.2, 0.25) is 10.0 Å². The first-order chi connectivity index (χ1) is 10.8. The maximum absolute atomic E-state index is 12.8. The van der Waals surface area contributed by atoms with Gasteiger partial charge in [-0.15, -0.1) is 0 Å². The van der Waals surface area contributed by atoms with E-state index in [1.807, 2.05) is 0 Å². The number of piperidine rings is 1. The maximum Gasteiger partial charge on any atom is 0.416 e. The van der Waals surface area contributed by atoms with Crippen molar-refractivity contribution in [3.05, 3.63) is 23.9 Å². The van der Waals surface area contributed by atoms with Crippen molar-refractivity contribution in [2.75, 3.05) is 18.0 Å². The molecule has 0 aromatic carbocycles. The van der Waals surface area contributed by atoms with Crippen LogP contribution < -0.4 is 9.62 Å². The van der Waals surface area contributed by atoms with Crippen LogP contribution in [0.5, 0.6) is 0 Å². The molecule has 1 N–H and O–H groups in total. The minimum atomic E-state index is -4.42. The Morgan fingerprint density at radius 1 is 1.26 bits per heavy atom. The second kappa shape index (κ2) is 5.94. The number of hydrogen-bond acceptors (Lipinski definition) is 4. The molecule has 1 saturated carbocycles. The maximum atomic E-state index is 12.8. The van der Waals surface area contributed by atoms with Crippen molar-refractivity contribution in [1.29, 1.82) is 0 Å². The third-order valence-corrected chi connectivity index (χ3v) is 6.12. The summed E-state index contributed by atoms with van der Waals surface area (Å²) < 4.78 is 65.0. The summed E-state index contributed by atoms with van der Waals surface area (Å²) >= 11 is 0. The molecule has 2 aliphatic rings. The molecule has 0 radical (unpaired) electrons. The standard InChI is InChI=1S/C14H18F3N3O2S/c15-14(16,17)10-5-6-18-13(8-10)20-7-1-2-11(9-20)19-23(21,22)12-3-4-12/h5-6,8,11-12,19H,1-4,7,9H2. The van der Waals surface area contributed by atoms with Gasteiger partial charge < -0.3 is 4.90 Å². The van der Waals surface area contributed by atoms with E-state index in [-0.39, 0.29) is 17.1 Å². The zero-order valence-electron chi connectivity index (χ0n) is 12.4. The average Bonchev–Trinajstić information content (AvgIpc) is 3.31. The first-order valence-electron chi connectivity index (χ1n) is 7.55. The number of hydrogen-bond donors (Lipinski definition) is 1. The largest absolute Gasteiger partial charge is 0.416 e. The highest BCUT2D eigenvalue weighted by Gasteiger charge is 2.38. The van der Waals surface area contributed by atoms with Gasteiger partial charge in [-0.1, -0.05) is 0 Å². The monoisotopic (exact) mass is 349 g/mol. The van der Waals surface area contributed by atoms with Crippen LogP contribution in [0, 0.1) is 0 Å². The number of rotatable bonds is 4. The van der Waals surface area contributed by atoms with E-state index in [0.29, 0.717) is 38.8 Å². The second-order valence-electron chi connectivity index (χ2n) is 6.05. The Kier molecular flexibility index (Phi) is 4.26. The highest BCUT2D eigenvalue weighted by molar-refractivity contribution is 7.90. The molecule has 1 atom stereocenters. The van der Waals surface area contributed by atoms with Gasteiger partial charge in [-0.05, 0) is 37.8 Å². The zero-order valence-corrected chi connectivity index (χ0v) is 13.2. The summed E-state index contributed by atoms with van der Waals surface area (Å²) in [6.07, 6.45) is -0.532. The number of pyridine rings is 1. The van der Waals surface area contributed by atoms with Crippen LogP contribution in [0.25, 0.3) is 0 Å². The summed E-state index contributed by atoms with van der Waals surface area (Å²) in [4.78, 5) is 5.71. The van der Waals surface area contributed by atoms with E-state index in [4.69, 9.17) is 0 Å². The van der Waals surface area contributed by atoms with E-state index in [2.05, 4.69) is 9.71 Å². The van der Waals surface area contributed by atoms with Gasteiger partial charge in [0.1, 0.15) is 5.82 Å². The first kappa shape index (κ1) is 16.5. The first-order valence-corrected chi connectivity index (χ1v) is 9.10. The van der Waals surface area contributed by atoms with Crippen LogP contribution in [-0.4, -0.2) is 37.8 Å². The summed E-state index contributed by atoms with van der Waals surface area (Å²) in [5.41, 5.74) is -0.747. The lowest BCUT2D eigenvalue weighted by atomic mass is 10.1. The van der Waals surface area contributed by atoms with E-state index in [0.717, 1.165) is 18.3 Å². The molecule has 1 aromatic heterocycles. The molecule has 0 bridgehead atoms. The fourth-order valence-electron chi connectivity index (χ4n) is 2.76. The predicted molar refractivity (Wildman–Crippen MR) is 79.6 cm³/mol. The van der Waals surface area contributed by atoms with Crippen molar-refractivity contribution >= 4 is 15.8 Å². The van der Waals surface area contributed by atoms with Gasteiger partial charge in [-0.25, -0.2) is 18.1 Å². The molecule has 1 aliphatic carbocycles. The van der Waals surface area contributed by atoms with Gasteiger partial charge in [0.25, 0.3) is 0 Å². The van der Waals surface area contributed by atoms with Crippen LogP contribution in [-0.2, 0) is 16.2 Å². The molecule has 1 saturated heterocycles. The summed E-state index contributed by atoms with van der Waals surface area (Å²) in [7, 11) is -3.30. The highest BCUT2D eigenvalue weighted by Crippen LogP contribution is 2.32. The molecule has 23 heavy (non-hydrogen) atoms. The summed E-state index contributed by atoms with van der Waals surface area (Å²) in [6.45, 7) is 0.899. The van der Waals surface area contributed by atoms with E-state index in [9.17, 15) is 21.6 Å². The fourth-order valence-corrected chi connectivity index (χ4v) is 4.36. The minimum absolute atomic E-state index is 0.232. The molecule has 2 fully saturated rings. The lowest BCUT2D eigenvalue weighted by Crippen LogP contribution is -2.48. The molecule has 2 heterocycles. The van der Waals surface area contributed by atoms with Crippen molar-refractivity contribution in [3.63, 3.8) is 0 Å². The lowest BCUT2D eigenvalue weighted by Gasteiger charge is -2.34. The van der Waals surface area contributed by atoms with Crippen LogP contribution >= 0.6 is 0 Å². The van der Waals surface area contributed by atoms with Gasteiger partial charge in [0.05, 0.1) is 10.8 Å². The molecule has 0 spiro atoms. The molecule has 1 aliphatic heterocycles. The Balaban J connectivity index is 1.71. The van der Waals surface area contributed by atoms with Crippen LogP contribution in [0.3, 0.4) is 0 Å². The van der Waals surface area contributed by atoms with E-state index >= 15 is 0 Å². The van der Waals surface area contributed by atoms with Crippen molar-refractivity contribution in [3.8, 4) is 0 Å². The van der Waals surface area contributed by atoms with E-state index in [1.54, 1.807) is 4.90 Å². The highest BCUT2D eigenvalue weighted by atomic mass is 32.2. The zero-order chi connectivity index (χ0) is 16.7. The molecule has 5 nitrogen and oxygen atoms in total. The fraction of sp³-hybridized carbons (Fsp3) is 0.643. The van der Waals surface area contributed by atoms with Crippen molar-refractivity contribution in [2.24, 2.45) is 0 Å². The molecular weight excluding hydrogens is 331 g/mol. The number of nitrogens with zero attached hydrogens (tertiary/aromatic N) is 2. The lowest BCUT2D eigenvalue weighted by molar-refractivity contribution is -0.137. The van der Waals surface area contributed by atoms with Crippen molar-refractivity contribution in [1.82, 2.24) is 9.71 Å². The number of nitrogens with one attached hydrogen (secondary N) is 1. The molecule has 1 unspecified atom stereocenters. The van der Waals surface area contributed by atoms with E-state index < -0.39 is 21.8 Å². The number of anilines is 1. The molecule has 128 valence electrons. The Morgan fingerprint density at radius 2 is 2.00 bits per heavy atom. The number of aromatic nitrogens is 1.